The van der Waals surface area contributed by atoms with Gasteiger partial charge < -0.3 is 11.5 Å². The Hall–Kier alpha value is -2.15. The van der Waals surface area contributed by atoms with Gasteiger partial charge in [0.15, 0.2) is 15.8 Å². The van der Waals surface area contributed by atoms with Gasteiger partial charge >= 0.3 is 0 Å². The Balaban J connectivity index is 3.52. The Morgan fingerprint density at radius 2 is 1.90 bits per heavy atom. The van der Waals surface area contributed by atoms with Gasteiger partial charge in [0, 0.05) is 11.8 Å². The molecule has 0 aromatic heterocycles. The largest absolute Gasteiger partial charge is 0.370 e. The standard InChI is InChI=1S/C13H17N3O3S/c1-4-8(2)10-6-5-9(12(17)16-13(14)15)7-11(10)20(3,18)19/h4-7H,1-3H3,(H4,14,15,16,17)/b8-4-. The van der Waals surface area contributed by atoms with Gasteiger partial charge in [-0.05, 0) is 37.1 Å². The van der Waals surface area contributed by atoms with Crippen molar-refractivity contribution < 1.29 is 13.2 Å². The maximum atomic E-state index is 11.8. The number of hydrogen-bond donors (Lipinski definition) is 2. The van der Waals surface area contributed by atoms with Crippen LogP contribution in [-0.4, -0.2) is 26.5 Å². The van der Waals surface area contributed by atoms with Gasteiger partial charge in [0.1, 0.15) is 0 Å². The van der Waals surface area contributed by atoms with Gasteiger partial charge in [0.2, 0.25) is 0 Å². The predicted molar refractivity (Wildman–Crippen MR) is 79.0 cm³/mol. The van der Waals surface area contributed by atoms with Crippen LogP contribution in [0.15, 0.2) is 34.2 Å². The summed E-state index contributed by atoms with van der Waals surface area (Å²) in [4.78, 5) is 15.2. The Morgan fingerprint density at radius 1 is 1.30 bits per heavy atom. The van der Waals surface area contributed by atoms with Crippen molar-refractivity contribution in [3.05, 3.63) is 35.4 Å². The summed E-state index contributed by atoms with van der Waals surface area (Å²) in [6.07, 6.45) is 2.88. The fraction of sp³-hybridized carbons (Fsp3) is 0.231. The van der Waals surface area contributed by atoms with Crippen LogP contribution in [0.2, 0.25) is 0 Å². The van der Waals surface area contributed by atoms with Crippen LogP contribution in [0, 0.1) is 0 Å². The average Bonchev–Trinajstić information content (AvgIpc) is 2.35. The third-order valence-electron chi connectivity index (χ3n) is 2.72. The number of sulfone groups is 1. The molecule has 20 heavy (non-hydrogen) atoms. The van der Waals surface area contributed by atoms with E-state index in [0.29, 0.717) is 5.56 Å². The van der Waals surface area contributed by atoms with E-state index in [2.05, 4.69) is 4.99 Å². The molecule has 0 aliphatic carbocycles. The van der Waals surface area contributed by atoms with Crippen LogP contribution < -0.4 is 11.5 Å². The van der Waals surface area contributed by atoms with E-state index >= 15 is 0 Å². The van der Waals surface area contributed by atoms with E-state index in [-0.39, 0.29) is 16.4 Å². The number of carbonyl (C=O) groups is 1. The summed E-state index contributed by atoms with van der Waals surface area (Å²) in [5.41, 5.74) is 11.7. The Labute approximate surface area is 118 Å². The zero-order valence-corrected chi connectivity index (χ0v) is 12.4. The van der Waals surface area contributed by atoms with Crippen LogP contribution in [0.3, 0.4) is 0 Å². The molecule has 1 rings (SSSR count). The Kier molecular flexibility index (Phi) is 4.67. The maximum absolute atomic E-state index is 11.8. The molecule has 0 fully saturated rings. The molecule has 0 aliphatic rings. The van der Waals surface area contributed by atoms with Gasteiger partial charge in [-0.2, -0.15) is 4.99 Å². The first-order valence-corrected chi connectivity index (χ1v) is 7.67. The summed E-state index contributed by atoms with van der Waals surface area (Å²) in [5.74, 6) is -1.05. The summed E-state index contributed by atoms with van der Waals surface area (Å²) < 4.78 is 23.7. The first-order chi connectivity index (χ1) is 9.16. The summed E-state index contributed by atoms with van der Waals surface area (Å²) in [6, 6.07) is 4.35. The molecule has 108 valence electrons. The highest BCUT2D eigenvalue weighted by molar-refractivity contribution is 7.90. The van der Waals surface area contributed by atoms with E-state index in [4.69, 9.17) is 11.5 Å². The first kappa shape index (κ1) is 15.9. The van der Waals surface area contributed by atoms with Crippen molar-refractivity contribution in [2.24, 2.45) is 16.5 Å². The quantitative estimate of drug-likeness (QED) is 0.635. The Bertz CT molecular complexity index is 700. The van der Waals surface area contributed by atoms with Crippen molar-refractivity contribution in [3.8, 4) is 0 Å². The van der Waals surface area contributed by atoms with Crippen LogP contribution in [0.1, 0.15) is 29.8 Å². The predicted octanol–water partition coefficient (Wildman–Crippen LogP) is 0.927. The van der Waals surface area contributed by atoms with Gasteiger partial charge in [-0.15, -0.1) is 0 Å². The van der Waals surface area contributed by atoms with E-state index in [1.807, 2.05) is 0 Å². The molecule has 0 aliphatic heterocycles. The van der Waals surface area contributed by atoms with Gasteiger partial charge in [-0.1, -0.05) is 12.1 Å². The highest BCUT2D eigenvalue weighted by atomic mass is 32.2. The van der Waals surface area contributed by atoms with Crippen LogP contribution in [-0.2, 0) is 9.84 Å². The number of aliphatic imine (C=N–C) groups is 1. The molecule has 0 atom stereocenters. The number of amides is 1. The van der Waals surface area contributed by atoms with E-state index in [0.717, 1.165) is 11.8 Å². The second-order valence-corrected chi connectivity index (χ2v) is 6.28. The molecule has 6 nitrogen and oxygen atoms in total. The molecule has 0 saturated carbocycles. The van der Waals surface area contributed by atoms with E-state index in [1.165, 1.54) is 12.1 Å². The highest BCUT2D eigenvalue weighted by Gasteiger charge is 2.17. The summed E-state index contributed by atoms with van der Waals surface area (Å²) in [6.45, 7) is 3.60. The molecule has 1 amide bonds. The number of nitrogens with two attached hydrogens (primary N) is 2. The Morgan fingerprint density at radius 3 is 2.35 bits per heavy atom. The molecule has 7 heteroatoms. The summed E-state index contributed by atoms with van der Waals surface area (Å²) in [7, 11) is -3.48. The zero-order chi connectivity index (χ0) is 15.5. The average molecular weight is 295 g/mol. The van der Waals surface area contributed by atoms with Gasteiger partial charge in [0.05, 0.1) is 4.90 Å². The van der Waals surface area contributed by atoms with Crippen molar-refractivity contribution in [2.45, 2.75) is 18.7 Å². The highest BCUT2D eigenvalue weighted by Crippen LogP contribution is 2.25. The molecule has 1 aromatic rings. The summed E-state index contributed by atoms with van der Waals surface area (Å²) in [5, 5.41) is 0. The van der Waals surface area contributed by atoms with Gasteiger partial charge in [-0.25, -0.2) is 8.42 Å². The fourth-order valence-corrected chi connectivity index (χ4v) is 2.59. The van der Waals surface area contributed by atoms with E-state index in [9.17, 15) is 13.2 Å². The van der Waals surface area contributed by atoms with Crippen molar-refractivity contribution >= 4 is 27.3 Å². The van der Waals surface area contributed by atoms with E-state index < -0.39 is 15.7 Å². The lowest BCUT2D eigenvalue weighted by molar-refractivity contribution is 0.100. The third-order valence-corrected chi connectivity index (χ3v) is 3.85. The lowest BCUT2D eigenvalue weighted by Gasteiger charge is -2.09. The van der Waals surface area contributed by atoms with Crippen molar-refractivity contribution in [2.75, 3.05) is 6.26 Å². The lowest BCUT2D eigenvalue weighted by Crippen LogP contribution is -2.24. The molecule has 0 heterocycles. The lowest BCUT2D eigenvalue weighted by atomic mass is 10.0. The minimum absolute atomic E-state index is 0.0738. The molecular formula is C13H17N3O3S. The third kappa shape index (κ3) is 3.67. The maximum Gasteiger partial charge on any atom is 0.280 e. The van der Waals surface area contributed by atoms with Crippen molar-refractivity contribution in [1.82, 2.24) is 0 Å². The first-order valence-electron chi connectivity index (χ1n) is 5.78. The molecular weight excluding hydrogens is 278 g/mol. The van der Waals surface area contributed by atoms with Crippen molar-refractivity contribution in [3.63, 3.8) is 0 Å². The minimum Gasteiger partial charge on any atom is -0.370 e. The molecule has 0 radical (unpaired) electrons. The van der Waals surface area contributed by atoms with E-state index in [1.54, 1.807) is 26.0 Å². The van der Waals surface area contributed by atoms with Crippen molar-refractivity contribution in [1.29, 1.82) is 0 Å². The molecule has 0 spiro atoms. The van der Waals surface area contributed by atoms with Crippen LogP contribution in [0.25, 0.3) is 5.57 Å². The fourth-order valence-electron chi connectivity index (χ4n) is 1.63. The monoisotopic (exact) mass is 295 g/mol. The normalized spacial score (nSPS) is 12.1. The van der Waals surface area contributed by atoms with Gasteiger partial charge in [-0.3, -0.25) is 4.79 Å². The molecule has 0 unspecified atom stereocenters. The molecule has 4 N–H and O–H groups in total. The number of hydrogen-bond acceptors (Lipinski definition) is 3. The second kappa shape index (κ2) is 5.87. The van der Waals surface area contributed by atoms with Crippen LogP contribution in [0.5, 0.6) is 0 Å². The smallest absolute Gasteiger partial charge is 0.280 e. The molecule has 0 bridgehead atoms. The zero-order valence-electron chi connectivity index (χ0n) is 11.5. The summed E-state index contributed by atoms with van der Waals surface area (Å²) >= 11 is 0. The number of benzene rings is 1. The number of rotatable bonds is 3. The molecule has 1 aromatic carbocycles. The number of nitrogens with zero attached hydrogens (tertiary/aromatic N) is 1. The topological polar surface area (TPSA) is 116 Å². The van der Waals surface area contributed by atoms with Crippen LogP contribution in [0.4, 0.5) is 0 Å². The number of carbonyl (C=O) groups excluding carboxylic acids is 1. The number of guanidine groups is 1. The SMILES string of the molecule is C/C=C(/C)c1ccc(C(=O)N=C(N)N)cc1S(C)(=O)=O. The second-order valence-electron chi connectivity index (χ2n) is 4.30. The van der Waals surface area contributed by atoms with Crippen LogP contribution >= 0.6 is 0 Å². The minimum atomic E-state index is -3.48. The molecule has 0 saturated heterocycles. The number of allylic oxidation sites excluding steroid dienone is 2. The van der Waals surface area contributed by atoms with Gasteiger partial charge in [0.25, 0.3) is 5.91 Å².